The Bertz CT molecular complexity index is 1090. The van der Waals surface area contributed by atoms with E-state index in [0.29, 0.717) is 11.5 Å². The third kappa shape index (κ3) is 2.42. The van der Waals surface area contributed by atoms with Gasteiger partial charge in [-0.05, 0) is 48.7 Å². The van der Waals surface area contributed by atoms with Crippen molar-refractivity contribution in [2.45, 2.75) is 19.4 Å². The van der Waals surface area contributed by atoms with Gasteiger partial charge < -0.3 is 9.67 Å². The van der Waals surface area contributed by atoms with Crippen molar-refractivity contribution in [1.29, 1.82) is 0 Å². The molecule has 1 N–H and O–H groups in total. The van der Waals surface area contributed by atoms with Crippen molar-refractivity contribution in [1.82, 2.24) is 14.5 Å². The van der Waals surface area contributed by atoms with E-state index in [1.165, 1.54) is 0 Å². The maximum absolute atomic E-state index is 12.0. The van der Waals surface area contributed by atoms with Crippen LogP contribution in [0.5, 0.6) is 0 Å². The predicted molar refractivity (Wildman–Crippen MR) is 103 cm³/mol. The number of rotatable bonds is 3. The SMILES string of the molecule is Cc1ccc2nc(C(O)(c3ccccc3)c3ncccc3C)n(C)c2c1. The largest absolute Gasteiger partial charge is 0.372 e. The van der Waals surface area contributed by atoms with Crippen molar-refractivity contribution in [2.24, 2.45) is 7.05 Å². The molecule has 0 saturated heterocycles. The third-order valence-electron chi connectivity index (χ3n) is 4.90. The van der Waals surface area contributed by atoms with Gasteiger partial charge in [-0.1, -0.05) is 42.5 Å². The van der Waals surface area contributed by atoms with Gasteiger partial charge in [-0.2, -0.15) is 0 Å². The Hall–Kier alpha value is -2.98. The average Bonchev–Trinajstić information content (AvgIpc) is 2.99. The van der Waals surface area contributed by atoms with Crippen molar-refractivity contribution >= 4 is 11.0 Å². The first-order valence-corrected chi connectivity index (χ1v) is 8.65. The fraction of sp³-hybridized carbons (Fsp3) is 0.182. The summed E-state index contributed by atoms with van der Waals surface area (Å²) >= 11 is 0. The van der Waals surface area contributed by atoms with Crippen LogP contribution in [0, 0.1) is 13.8 Å². The molecule has 1 unspecified atom stereocenters. The zero-order valence-electron chi connectivity index (χ0n) is 15.1. The summed E-state index contributed by atoms with van der Waals surface area (Å²) < 4.78 is 1.96. The Labute approximate surface area is 152 Å². The van der Waals surface area contributed by atoms with Crippen LogP contribution in [0.15, 0.2) is 66.9 Å². The predicted octanol–water partition coefficient (Wildman–Crippen LogP) is 3.87. The molecule has 4 heteroatoms. The van der Waals surface area contributed by atoms with Crippen molar-refractivity contribution in [2.75, 3.05) is 0 Å². The number of aryl methyl sites for hydroxylation is 3. The summed E-state index contributed by atoms with van der Waals surface area (Å²) in [5, 5.41) is 12.0. The number of benzene rings is 2. The standard InChI is InChI=1S/C22H21N3O/c1-15-11-12-18-19(14-15)25(3)21(24-18)22(26,17-9-5-4-6-10-17)20-16(2)8-7-13-23-20/h4-14,26H,1-3H3. The molecule has 2 aromatic carbocycles. The summed E-state index contributed by atoms with van der Waals surface area (Å²) in [6, 6.07) is 19.6. The molecule has 2 aromatic heterocycles. The number of aliphatic hydroxyl groups is 1. The molecule has 26 heavy (non-hydrogen) atoms. The molecule has 0 spiro atoms. The first-order chi connectivity index (χ1) is 12.5. The second-order valence-electron chi connectivity index (χ2n) is 6.73. The van der Waals surface area contributed by atoms with E-state index in [-0.39, 0.29) is 0 Å². The summed E-state index contributed by atoms with van der Waals surface area (Å²) in [5.74, 6) is 0.561. The monoisotopic (exact) mass is 343 g/mol. The molecule has 4 rings (SSSR count). The number of hydrogen-bond acceptors (Lipinski definition) is 3. The molecule has 130 valence electrons. The van der Waals surface area contributed by atoms with E-state index in [2.05, 4.69) is 18.0 Å². The fourth-order valence-electron chi connectivity index (χ4n) is 3.54. The molecular weight excluding hydrogens is 322 g/mol. The van der Waals surface area contributed by atoms with Crippen molar-refractivity contribution < 1.29 is 5.11 Å². The van der Waals surface area contributed by atoms with Gasteiger partial charge in [-0.25, -0.2) is 4.98 Å². The van der Waals surface area contributed by atoms with Gasteiger partial charge in [0.05, 0.1) is 16.7 Å². The first-order valence-electron chi connectivity index (χ1n) is 8.65. The fourth-order valence-corrected chi connectivity index (χ4v) is 3.54. The lowest BCUT2D eigenvalue weighted by Crippen LogP contribution is -2.34. The van der Waals surface area contributed by atoms with E-state index >= 15 is 0 Å². The Morgan fingerprint density at radius 1 is 0.962 bits per heavy atom. The summed E-state index contributed by atoms with van der Waals surface area (Å²) in [6.07, 6.45) is 1.71. The lowest BCUT2D eigenvalue weighted by Gasteiger charge is -2.29. The van der Waals surface area contributed by atoms with Crippen molar-refractivity contribution in [3.05, 3.63) is 95.1 Å². The summed E-state index contributed by atoms with van der Waals surface area (Å²) in [5.41, 5.74) is 3.83. The second kappa shape index (κ2) is 6.07. The Morgan fingerprint density at radius 2 is 1.73 bits per heavy atom. The molecule has 4 aromatic rings. The minimum atomic E-state index is -1.44. The van der Waals surface area contributed by atoms with Crippen molar-refractivity contribution in [3.8, 4) is 0 Å². The average molecular weight is 343 g/mol. The van der Waals surface area contributed by atoms with Gasteiger partial charge in [0.15, 0.2) is 11.4 Å². The second-order valence-corrected chi connectivity index (χ2v) is 6.73. The Kier molecular flexibility index (Phi) is 3.85. The molecule has 4 nitrogen and oxygen atoms in total. The molecule has 0 radical (unpaired) electrons. The number of imidazole rings is 1. The lowest BCUT2D eigenvalue weighted by molar-refractivity contribution is 0.107. The van der Waals surface area contributed by atoms with Gasteiger partial charge in [0, 0.05) is 13.2 Å². The quantitative estimate of drug-likeness (QED) is 0.614. The number of nitrogens with zero attached hydrogens (tertiary/aromatic N) is 3. The highest BCUT2D eigenvalue weighted by Crippen LogP contribution is 2.37. The van der Waals surface area contributed by atoms with Gasteiger partial charge in [0.1, 0.15) is 0 Å². The lowest BCUT2D eigenvalue weighted by atomic mass is 9.86. The third-order valence-corrected chi connectivity index (χ3v) is 4.90. The Balaban J connectivity index is 2.07. The van der Waals surface area contributed by atoms with E-state index in [4.69, 9.17) is 4.98 Å². The summed E-state index contributed by atoms with van der Waals surface area (Å²) in [6.45, 7) is 4.02. The van der Waals surface area contributed by atoms with E-state index < -0.39 is 5.60 Å². The summed E-state index contributed by atoms with van der Waals surface area (Å²) in [4.78, 5) is 9.32. The van der Waals surface area contributed by atoms with Crippen LogP contribution in [0.4, 0.5) is 0 Å². The minimum absolute atomic E-state index is 0.561. The maximum Gasteiger partial charge on any atom is 0.190 e. The molecule has 0 aliphatic heterocycles. The van der Waals surface area contributed by atoms with Crippen LogP contribution >= 0.6 is 0 Å². The van der Waals surface area contributed by atoms with Gasteiger partial charge in [0.25, 0.3) is 0 Å². The smallest absolute Gasteiger partial charge is 0.190 e. The van der Waals surface area contributed by atoms with E-state index in [9.17, 15) is 5.11 Å². The van der Waals surface area contributed by atoms with Crippen LogP contribution in [0.3, 0.4) is 0 Å². The molecular formula is C22H21N3O. The van der Waals surface area contributed by atoms with E-state index in [1.54, 1.807) is 6.20 Å². The molecule has 0 fully saturated rings. The molecule has 2 heterocycles. The summed E-state index contributed by atoms with van der Waals surface area (Å²) in [7, 11) is 1.94. The molecule has 0 bridgehead atoms. The zero-order valence-corrected chi connectivity index (χ0v) is 15.1. The van der Waals surface area contributed by atoms with Gasteiger partial charge in [-0.3, -0.25) is 4.98 Å². The molecule has 0 saturated carbocycles. The number of aromatic nitrogens is 3. The Morgan fingerprint density at radius 3 is 2.46 bits per heavy atom. The van der Waals surface area contributed by atoms with Crippen LogP contribution in [-0.4, -0.2) is 19.6 Å². The topological polar surface area (TPSA) is 50.9 Å². The first kappa shape index (κ1) is 16.5. The highest BCUT2D eigenvalue weighted by Gasteiger charge is 2.40. The van der Waals surface area contributed by atoms with E-state index in [1.807, 2.05) is 73.1 Å². The number of fused-ring (bicyclic) bond motifs is 1. The normalized spacial score (nSPS) is 13.7. The molecule has 0 aliphatic carbocycles. The van der Waals surface area contributed by atoms with Gasteiger partial charge >= 0.3 is 0 Å². The maximum atomic E-state index is 12.0. The minimum Gasteiger partial charge on any atom is -0.372 e. The van der Waals surface area contributed by atoms with Crippen molar-refractivity contribution in [3.63, 3.8) is 0 Å². The molecule has 0 aliphatic rings. The highest BCUT2D eigenvalue weighted by molar-refractivity contribution is 5.77. The van der Waals surface area contributed by atoms with Crippen LogP contribution in [-0.2, 0) is 12.6 Å². The number of hydrogen-bond donors (Lipinski definition) is 1. The van der Waals surface area contributed by atoms with Crippen LogP contribution in [0.2, 0.25) is 0 Å². The number of pyridine rings is 1. The van der Waals surface area contributed by atoms with E-state index in [0.717, 1.165) is 27.7 Å². The van der Waals surface area contributed by atoms with Gasteiger partial charge in [0.2, 0.25) is 0 Å². The van der Waals surface area contributed by atoms with Crippen LogP contribution in [0.1, 0.15) is 28.2 Å². The zero-order chi connectivity index (χ0) is 18.3. The molecule has 0 amide bonds. The molecule has 1 atom stereocenters. The van der Waals surface area contributed by atoms with Gasteiger partial charge in [-0.15, -0.1) is 0 Å². The highest BCUT2D eigenvalue weighted by atomic mass is 16.3. The van der Waals surface area contributed by atoms with Crippen LogP contribution in [0.25, 0.3) is 11.0 Å². The van der Waals surface area contributed by atoms with Crippen LogP contribution < -0.4 is 0 Å².